The van der Waals surface area contributed by atoms with Crippen LogP contribution in [0.5, 0.6) is 5.75 Å². The topological polar surface area (TPSA) is 72.2 Å². The SMILES string of the molecule is COc1cc(NCc2cn(CCCO)nn2)ccc1F. The molecular weight excluding hydrogens is 263 g/mol. The molecule has 0 fully saturated rings. The van der Waals surface area contributed by atoms with E-state index >= 15 is 0 Å². The number of hydrogen-bond acceptors (Lipinski definition) is 5. The second kappa shape index (κ2) is 6.85. The maximum atomic E-state index is 13.3. The lowest BCUT2D eigenvalue weighted by atomic mass is 10.3. The van der Waals surface area contributed by atoms with E-state index in [9.17, 15) is 4.39 Å². The number of rotatable bonds is 7. The highest BCUT2D eigenvalue weighted by atomic mass is 19.1. The van der Waals surface area contributed by atoms with Gasteiger partial charge in [-0.3, -0.25) is 4.68 Å². The van der Waals surface area contributed by atoms with E-state index in [1.807, 2.05) is 6.20 Å². The number of methoxy groups -OCH3 is 1. The van der Waals surface area contributed by atoms with Crippen molar-refractivity contribution in [3.63, 3.8) is 0 Å². The summed E-state index contributed by atoms with van der Waals surface area (Å²) < 4.78 is 19.9. The molecule has 2 N–H and O–H groups in total. The molecule has 20 heavy (non-hydrogen) atoms. The quantitative estimate of drug-likeness (QED) is 0.802. The van der Waals surface area contributed by atoms with Gasteiger partial charge in [0, 0.05) is 24.9 Å². The lowest BCUT2D eigenvalue weighted by molar-refractivity contribution is 0.276. The number of aromatic nitrogens is 3. The fourth-order valence-electron chi connectivity index (χ4n) is 1.72. The third-order valence-corrected chi connectivity index (χ3v) is 2.76. The van der Waals surface area contributed by atoms with Crippen LogP contribution in [-0.4, -0.2) is 33.8 Å². The number of aryl methyl sites for hydroxylation is 1. The Morgan fingerprint density at radius 1 is 1.45 bits per heavy atom. The van der Waals surface area contributed by atoms with Crippen LogP contribution in [0.3, 0.4) is 0 Å². The van der Waals surface area contributed by atoms with Gasteiger partial charge in [0.25, 0.3) is 0 Å². The molecule has 0 bridgehead atoms. The summed E-state index contributed by atoms with van der Waals surface area (Å²) in [5, 5.41) is 19.8. The van der Waals surface area contributed by atoms with Crippen molar-refractivity contribution in [3.05, 3.63) is 35.9 Å². The molecule has 0 atom stereocenters. The monoisotopic (exact) mass is 280 g/mol. The number of aliphatic hydroxyl groups is 1. The van der Waals surface area contributed by atoms with Gasteiger partial charge in [-0.2, -0.15) is 0 Å². The molecule has 2 rings (SSSR count). The number of nitrogens with zero attached hydrogens (tertiary/aromatic N) is 3. The van der Waals surface area contributed by atoms with Gasteiger partial charge in [0.15, 0.2) is 11.6 Å². The molecule has 0 amide bonds. The summed E-state index contributed by atoms with van der Waals surface area (Å²) in [6.45, 7) is 1.24. The number of benzene rings is 1. The van der Waals surface area contributed by atoms with Gasteiger partial charge in [-0.05, 0) is 18.6 Å². The van der Waals surface area contributed by atoms with E-state index in [1.54, 1.807) is 16.8 Å². The number of halogens is 1. The number of ether oxygens (including phenoxy) is 1. The van der Waals surface area contributed by atoms with Gasteiger partial charge in [-0.15, -0.1) is 5.10 Å². The molecule has 0 aliphatic heterocycles. The highest BCUT2D eigenvalue weighted by Gasteiger charge is 2.04. The zero-order chi connectivity index (χ0) is 14.4. The number of anilines is 1. The van der Waals surface area contributed by atoms with Gasteiger partial charge < -0.3 is 15.2 Å². The maximum Gasteiger partial charge on any atom is 0.165 e. The Balaban J connectivity index is 1.93. The van der Waals surface area contributed by atoms with Crippen LogP contribution in [0.4, 0.5) is 10.1 Å². The molecule has 0 aliphatic carbocycles. The van der Waals surface area contributed by atoms with Gasteiger partial charge in [-0.25, -0.2) is 4.39 Å². The largest absolute Gasteiger partial charge is 0.494 e. The third kappa shape index (κ3) is 3.67. The van der Waals surface area contributed by atoms with Gasteiger partial charge >= 0.3 is 0 Å². The minimum Gasteiger partial charge on any atom is -0.494 e. The van der Waals surface area contributed by atoms with Crippen molar-refractivity contribution in [1.29, 1.82) is 0 Å². The Labute approximate surface area is 116 Å². The first-order valence-corrected chi connectivity index (χ1v) is 6.30. The number of aliphatic hydroxyl groups excluding tert-OH is 1. The van der Waals surface area contributed by atoms with E-state index in [4.69, 9.17) is 9.84 Å². The van der Waals surface area contributed by atoms with E-state index in [1.165, 1.54) is 13.2 Å². The minimum atomic E-state index is -0.395. The van der Waals surface area contributed by atoms with E-state index in [2.05, 4.69) is 15.6 Å². The van der Waals surface area contributed by atoms with Crippen LogP contribution in [0.25, 0.3) is 0 Å². The van der Waals surface area contributed by atoms with Crippen molar-refractivity contribution >= 4 is 5.69 Å². The Morgan fingerprint density at radius 3 is 3.05 bits per heavy atom. The molecule has 0 spiro atoms. The number of nitrogens with one attached hydrogen (secondary N) is 1. The van der Waals surface area contributed by atoms with E-state index in [0.29, 0.717) is 19.5 Å². The van der Waals surface area contributed by atoms with Gasteiger partial charge in [0.1, 0.15) is 5.69 Å². The molecule has 0 aliphatic rings. The Morgan fingerprint density at radius 2 is 2.30 bits per heavy atom. The molecule has 1 aromatic carbocycles. The fourth-order valence-corrected chi connectivity index (χ4v) is 1.72. The third-order valence-electron chi connectivity index (χ3n) is 2.76. The first-order valence-electron chi connectivity index (χ1n) is 6.30. The second-order valence-corrected chi connectivity index (χ2v) is 4.25. The summed E-state index contributed by atoms with van der Waals surface area (Å²) in [6, 6.07) is 4.57. The highest BCUT2D eigenvalue weighted by Crippen LogP contribution is 2.21. The standard InChI is InChI=1S/C13H17FN4O2/c1-20-13-7-10(3-4-12(13)14)15-8-11-9-18(17-16-11)5-2-6-19/h3-4,7,9,15,19H,2,5-6,8H2,1H3. The van der Waals surface area contributed by atoms with Crippen molar-refractivity contribution in [2.24, 2.45) is 0 Å². The summed E-state index contributed by atoms with van der Waals surface area (Å²) in [7, 11) is 1.43. The molecule has 1 aromatic heterocycles. The van der Waals surface area contributed by atoms with Crippen LogP contribution in [0.15, 0.2) is 24.4 Å². The number of hydrogen-bond donors (Lipinski definition) is 2. The molecule has 1 heterocycles. The lowest BCUT2D eigenvalue weighted by Crippen LogP contribution is -2.01. The summed E-state index contributed by atoms with van der Waals surface area (Å²) in [5.41, 5.74) is 1.51. The first-order chi connectivity index (χ1) is 9.72. The molecule has 0 saturated heterocycles. The first kappa shape index (κ1) is 14.3. The van der Waals surface area contributed by atoms with Gasteiger partial charge in [0.05, 0.1) is 19.9 Å². The average molecular weight is 280 g/mol. The van der Waals surface area contributed by atoms with Crippen molar-refractivity contribution < 1.29 is 14.2 Å². The smallest absolute Gasteiger partial charge is 0.165 e. The van der Waals surface area contributed by atoms with E-state index < -0.39 is 5.82 Å². The molecule has 0 saturated carbocycles. The van der Waals surface area contributed by atoms with Crippen LogP contribution in [0.2, 0.25) is 0 Å². The zero-order valence-corrected chi connectivity index (χ0v) is 11.2. The normalized spacial score (nSPS) is 10.6. The molecule has 0 unspecified atom stereocenters. The predicted octanol–water partition coefficient (Wildman–Crippen LogP) is 1.42. The van der Waals surface area contributed by atoms with Gasteiger partial charge in [-0.1, -0.05) is 5.21 Å². The summed E-state index contributed by atoms with van der Waals surface area (Å²) in [5.74, 6) is -0.199. The molecule has 108 valence electrons. The molecule has 6 nitrogen and oxygen atoms in total. The summed E-state index contributed by atoms with van der Waals surface area (Å²) in [4.78, 5) is 0. The Hall–Kier alpha value is -2.15. The summed E-state index contributed by atoms with van der Waals surface area (Å²) in [6.07, 6.45) is 2.45. The zero-order valence-electron chi connectivity index (χ0n) is 11.2. The van der Waals surface area contributed by atoms with Crippen LogP contribution in [0, 0.1) is 5.82 Å². The summed E-state index contributed by atoms with van der Waals surface area (Å²) >= 11 is 0. The molecule has 7 heteroatoms. The van der Waals surface area contributed by atoms with E-state index in [-0.39, 0.29) is 12.4 Å². The lowest BCUT2D eigenvalue weighted by Gasteiger charge is -2.07. The Bertz CT molecular complexity index is 559. The average Bonchev–Trinajstić information content (AvgIpc) is 2.92. The van der Waals surface area contributed by atoms with Crippen molar-refractivity contribution in [1.82, 2.24) is 15.0 Å². The maximum absolute atomic E-state index is 13.3. The van der Waals surface area contributed by atoms with Crippen molar-refractivity contribution in [3.8, 4) is 5.75 Å². The predicted molar refractivity (Wildman–Crippen MR) is 72.0 cm³/mol. The van der Waals surface area contributed by atoms with Crippen molar-refractivity contribution in [2.75, 3.05) is 19.0 Å². The second-order valence-electron chi connectivity index (χ2n) is 4.25. The van der Waals surface area contributed by atoms with E-state index in [0.717, 1.165) is 11.4 Å². The highest BCUT2D eigenvalue weighted by molar-refractivity contribution is 5.48. The Kier molecular flexibility index (Phi) is 4.89. The van der Waals surface area contributed by atoms with Crippen molar-refractivity contribution in [2.45, 2.75) is 19.5 Å². The molecule has 0 radical (unpaired) electrons. The molecular formula is C13H17FN4O2. The molecule has 2 aromatic rings. The van der Waals surface area contributed by atoms with Crippen LogP contribution in [-0.2, 0) is 13.1 Å². The van der Waals surface area contributed by atoms with Crippen LogP contribution >= 0.6 is 0 Å². The minimum absolute atomic E-state index is 0.128. The van der Waals surface area contributed by atoms with Crippen LogP contribution < -0.4 is 10.1 Å². The van der Waals surface area contributed by atoms with Gasteiger partial charge in [0.2, 0.25) is 0 Å². The fraction of sp³-hybridized carbons (Fsp3) is 0.385. The van der Waals surface area contributed by atoms with Crippen LogP contribution in [0.1, 0.15) is 12.1 Å².